The molecule has 2 aromatic rings. The summed E-state index contributed by atoms with van der Waals surface area (Å²) < 4.78 is 57.6. The molecule has 7 nitrogen and oxygen atoms in total. The largest absolute Gasteiger partial charge is 0.490 e. The van der Waals surface area contributed by atoms with Crippen molar-refractivity contribution in [3.63, 3.8) is 0 Å². The maximum absolute atomic E-state index is 13.9. The summed E-state index contributed by atoms with van der Waals surface area (Å²) in [7, 11) is 0. The highest BCUT2D eigenvalue weighted by molar-refractivity contribution is 7.09. The molecule has 1 aliphatic heterocycles. The number of halogens is 4. The number of hydrogen-bond donors (Lipinski definition) is 1. The van der Waals surface area contributed by atoms with E-state index in [1.165, 1.54) is 6.07 Å². The number of rotatable bonds is 4. The molecule has 1 aliphatic carbocycles. The van der Waals surface area contributed by atoms with Gasteiger partial charge in [0.1, 0.15) is 11.1 Å². The van der Waals surface area contributed by atoms with E-state index < -0.39 is 18.0 Å². The molecule has 0 spiro atoms. The van der Waals surface area contributed by atoms with Crippen molar-refractivity contribution in [3.8, 4) is 5.88 Å². The zero-order chi connectivity index (χ0) is 22.6. The van der Waals surface area contributed by atoms with E-state index in [0.29, 0.717) is 6.61 Å². The number of alkyl halides is 3. The lowest BCUT2D eigenvalue weighted by Crippen LogP contribution is -2.44. The second-order valence-corrected chi connectivity index (χ2v) is 8.03. The number of aliphatic carboxylic acids is 1. The summed E-state index contributed by atoms with van der Waals surface area (Å²) in [5.41, 5.74) is 1.05. The molecular weight excluding hydrogens is 442 g/mol. The molecule has 170 valence electrons. The maximum atomic E-state index is 13.9. The summed E-state index contributed by atoms with van der Waals surface area (Å²) in [5, 5.41) is 10.3. The molecule has 3 heterocycles. The molecule has 1 saturated heterocycles. The highest BCUT2D eigenvalue weighted by Gasteiger charge is 2.44. The van der Waals surface area contributed by atoms with E-state index in [0.717, 1.165) is 36.6 Å². The first kappa shape index (κ1) is 23.4. The monoisotopic (exact) mass is 463 g/mol. The van der Waals surface area contributed by atoms with Crippen LogP contribution in [0.1, 0.15) is 23.5 Å². The van der Waals surface area contributed by atoms with Crippen LogP contribution in [0.5, 0.6) is 5.88 Å². The van der Waals surface area contributed by atoms with Crippen LogP contribution < -0.4 is 4.74 Å². The average Bonchev–Trinajstić information content (AvgIpc) is 3.23. The number of pyridine rings is 1. The van der Waals surface area contributed by atoms with Crippen molar-refractivity contribution in [2.75, 3.05) is 13.2 Å². The number of carboxylic acids is 1. The zero-order valence-electron chi connectivity index (χ0n) is 16.5. The number of aromatic nitrogens is 2. The van der Waals surface area contributed by atoms with Gasteiger partial charge in [-0.15, -0.1) is 11.3 Å². The molecule has 1 saturated carbocycles. The van der Waals surface area contributed by atoms with E-state index in [4.69, 9.17) is 19.4 Å². The maximum Gasteiger partial charge on any atom is 0.490 e. The van der Waals surface area contributed by atoms with Gasteiger partial charge in [0.15, 0.2) is 5.82 Å². The molecule has 0 aromatic carbocycles. The van der Waals surface area contributed by atoms with Crippen LogP contribution in [-0.2, 0) is 16.1 Å². The molecule has 2 bridgehead atoms. The van der Waals surface area contributed by atoms with Gasteiger partial charge in [-0.05, 0) is 31.9 Å². The first-order chi connectivity index (χ1) is 14.6. The number of carboxylic acid groups (broad SMARTS) is 1. The van der Waals surface area contributed by atoms with Crippen molar-refractivity contribution >= 4 is 17.3 Å². The molecule has 2 aromatic heterocycles. The Kier molecular flexibility index (Phi) is 7.44. The topological polar surface area (TPSA) is 84.8 Å². The second-order valence-electron chi connectivity index (χ2n) is 7.08. The van der Waals surface area contributed by atoms with Gasteiger partial charge < -0.3 is 14.6 Å². The summed E-state index contributed by atoms with van der Waals surface area (Å²) in [4.78, 5) is 19.8. The van der Waals surface area contributed by atoms with E-state index in [1.54, 1.807) is 23.6 Å². The minimum Gasteiger partial charge on any atom is -0.475 e. The standard InChI is InChI=1S/C17H20FN3O2S.C2HF3O2/c1-11-10-24-15(20-11)9-21-7-8-22-14-5-4-13(21)16(14)23-17-12(18)3-2-6-19-17;3-2(4,5)1(6)7/h2-3,6,10,13-14,16H,4-5,7-9H2,1H3;(H,6,7). The van der Waals surface area contributed by atoms with E-state index in [9.17, 15) is 17.6 Å². The normalized spacial score (nSPS) is 23.6. The average molecular weight is 463 g/mol. The minimum atomic E-state index is -5.08. The van der Waals surface area contributed by atoms with Gasteiger partial charge in [0.2, 0.25) is 0 Å². The number of fused-ring (bicyclic) bond motifs is 2. The number of thiazole rings is 1. The van der Waals surface area contributed by atoms with Gasteiger partial charge in [0, 0.05) is 29.9 Å². The van der Waals surface area contributed by atoms with Gasteiger partial charge >= 0.3 is 12.1 Å². The van der Waals surface area contributed by atoms with Crippen molar-refractivity contribution in [1.29, 1.82) is 0 Å². The van der Waals surface area contributed by atoms with Gasteiger partial charge in [-0.3, -0.25) is 4.90 Å². The fourth-order valence-corrected chi connectivity index (χ4v) is 4.35. The number of hydrogen-bond acceptors (Lipinski definition) is 7. The highest BCUT2D eigenvalue weighted by Crippen LogP contribution is 2.34. The predicted molar refractivity (Wildman–Crippen MR) is 102 cm³/mol. The van der Waals surface area contributed by atoms with Crippen LogP contribution in [0.15, 0.2) is 23.7 Å². The molecule has 2 aliphatic rings. The molecule has 31 heavy (non-hydrogen) atoms. The van der Waals surface area contributed by atoms with Gasteiger partial charge in [0.05, 0.1) is 19.3 Å². The molecule has 3 atom stereocenters. The van der Waals surface area contributed by atoms with Crippen molar-refractivity contribution in [2.24, 2.45) is 0 Å². The Morgan fingerprint density at radius 3 is 2.77 bits per heavy atom. The van der Waals surface area contributed by atoms with E-state index in [-0.39, 0.29) is 24.1 Å². The Hall–Kier alpha value is -2.31. The Morgan fingerprint density at radius 2 is 2.16 bits per heavy atom. The van der Waals surface area contributed by atoms with Crippen LogP contribution >= 0.6 is 11.3 Å². The zero-order valence-corrected chi connectivity index (χ0v) is 17.3. The summed E-state index contributed by atoms with van der Waals surface area (Å²) in [6, 6.07) is 3.14. The third kappa shape index (κ3) is 6.11. The lowest BCUT2D eigenvalue weighted by Gasteiger charge is -2.30. The van der Waals surface area contributed by atoms with Crippen LogP contribution in [0, 0.1) is 12.7 Å². The van der Waals surface area contributed by atoms with E-state index in [1.807, 2.05) is 6.92 Å². The van der Waals surface area contributed by atoms with Crippen molar-refractivity contribution in [3.05, 3.63) is 40.2 Å². The Labute approximate surface area is 179 Å². The van der Waals surface area contributed by atoms with Crippen LogP contribution in [-0.4, -0.2) is 63.5 Å². The summed E-state index contributed by atoms with van der Waals surface area (Å²) in [6.07, 6.45) is -1.82. The number of aryl methyl sites for hydroxylation is 1. The fourth-order valence-electron chi connectivity index (χ4n) is 3.55. The van der Waals surface area contributed by atoms with Crippen LogP contribution in [0.4, 0.5) is 17.6 Å². The van der Waals surface area contributed by atoms with Gasteiger partial charge in [0.25, 0.3) is 5.88 Å². The highest BCUT2D eigenvalue weighted by atomic mass is 32.1. The predicted octanol–water partition coefficient (Wildman–Crippen LogP) is 3.43. The molecule has 3 unspecified atom stereocenters. The van der Waals surface area contributed by atoms with Gasteiger partial charge in [-0.1, -0.05) is 0 Å². The molecular formula is C19H21F4N3O4S. The second kappa shape index (κ2) is 9.88. The van der Waals surface area contributed by atoms with Crippen LogP contribution in [0.3, 0.4) is 0 Å². The molecule has 12 heteroatoms. The van der Waals surface area contributed by atoms with Gasteiger partial charge in [-0.2, -0.15) is 13.2 Å². The third-order valence-electron chi connectivity index (χ3n) is 4.89. The Bertz CT molecular complexity index is 895. The quantitative estimate of drug-likeness (QED) is 0.696. The van der Waals surface area contributed by atoms with Crippen LogP contribution in [0.25, 0.3) is 0 Å². The minimum absolute atomic E-state index is 0.000521. The van der Waals surface area contributed by atoms with Gasteiger partial charge in [-0.25, -0.2) is 19.2 Å². The molecule has 0 radical (unpaired) electrons. The Morgan fingerprint density at radius 1 is 1.42 bits per heavy atom. The molecule has 4 rings (SSSR count). The Balaban J connectivity index is 0.000000339. The third-order valence-corrected chi connectivity index (χ3v) is 5.84. The lowest BCUT2D eigenvalue weighted by molar-refractivity contribution is -0.192. The summed E-state index contributed by atoms with van der Waals surface area (Å²) in [6.45, 7) is 4.29. The fraction of sp³-hybridized carbons (Fsp3) is 0.526. The first-order valence-electron chi connectivity index (χ1n) is 9.49. The SMILES string of the molecule is Cc1csc(CN2CCOC3CCC2C3Oc2ncccc2F)n1.O=C(O)C(F)(F)F. The van der Waals surface area contributed by atoms with Crippen LogP contribution in [0.2, 0.25) is 0 Å². The van der Waals surface area contributed by atoms with Crippen molar-refractivity contribution < 1.29 is 36.9 Å². The molecule has 1 N–H and O–H groups in total. The van der Waals surface area contributed by atoms with Crippen molar-refractivity contribution in [2.45, 2.75) is 50.7 Å². The van der Waals surface area contributed by atoms with E-state index in [2.05, 4.69) is 20.2 Å². The first-order valence-corrected chi connectivity index (χ1v) is 10.4. The van der Waals surface area contributed by atoms with Crippen molar-refractivity contribution in [1.82, 2.24) is 14.9 Å². The molecule has 2 fully saturated rings. The number of carbonyl (C=O) groups is 1. The summed E-state index contributed by atoms with van der Waals surface area (Å²) in [5.74, 6) is -3.12. The lowest BCUT2D eigenvalue weighted by atomic mass is 10.1. The summed E-state index contributed by atoms with van der Waals surface area (Å²) >= 11 is 1.68. The smallest absolute Gasteiger partial charge is 0.475 e. The van der Waals surface area contributed by atoms with E-state index >= 15 is 0 Å². The molecule has 0 amide bonds. The number of ether oxygens (including phenoxy) is 2. The number of nitrogens with zero attached hydrogens (tertiary/aromatic N) is 3.